The van der Waals surface area contributed by atoms with Crippen molar-refractivity contribution in [2.75, 3.05) is 5.32 Å². The van der Waals surface area contributed by atoms with Gasteiger partial charge < -0.3 is 10.4 Å². The third-order valence-electron chi connectivity index (χ3n) is 2.57. The second-order valence-corrected chi connectivity index (χ2v) is 5.10. The van der Waals surface area contributed by atoms with Crippen LogP contribution in [0.15, 0.2) is 53.0 Å². The topological polar surface area (TPSA) is 49.3 Å². The van der Waals surface area contributed by atoms with Crippen molar-refractivity contribution in [2.24, 2.45) is 0 Å². The molecule has 0 aliphatic carbocycles. The molecule has 2 aromatic rings. The van der Waals surface area contributed by atoms with Crippen LogP contribution in [0.25, 0.3) is 0 Å². The van der Waals surface area contributed by atoms with E-state index in [1.807, 2.05) is 6.07 Å². The van der Waals surface area contributed by atoms with Crippen LogP contribution >= 0.6 is 27.5 Å². The third-order valence-corrected chi connectivity index (χ3v) is 3.97. The summed E-state index contributed by atoms with van der Waals surface area (Å²) in [5.41, 5.74) is 1.06. The van der Waals surface area contributed by atoms with Gasteiger partial charge in [-0.3, -0.25) is 4.79 Å². The van der Waals surface area contributed by atoms with Crippen molar-refractivity contribution in [3.63, 3.8) is 0 Å². The summed E-state index contributed by atoms with van der Waals surface area (Å²) < 4.78 is 0.588. The van der Waals surface area contributed by atoms with Gasteiger partial charge in [0, 0.05) is 0 Å². The molecule has 1 unspecified atom stereocenters. The molecule has 0 radical (unpaired) electrons. The number of aliphatic hydroxyl groups excluding tert-OH is 1. The number of hydrogen-bond donors (Lipinski definition) is 2. The molecule has 0 aromatic heterocycles. The highest BCUT2D eigenvalue weighted by molar-refractivity contribution is 9.10. The minimum atomic E-state index is -1.22. The second-order valence-electron chi connectivity index (χ2n) is 3.90. The van der Waals surface area contributed by atoms with Gasteiger partial charge in [-0.2, -0.15) is 0 Å². The van der Waals surface area contributed by atoms with Crippen LogP contribution in [0.3, 0.4) is 0 Å². The molecule has 0 saturated carbocycles. The Hall–Kier alpha value is -1.36. The van der Waals surface area contributed by atoms with Gasteiger partial charge in [0.25, 0.3) is 5.91 Å². The first kappa shape index (κ1) is 14.1. The fraction of sp³-hybridized carbons (Fsp3) is 0.0714. The Labute approximate surface area is 124 Å². The van der Waals surface area contributed by atoms with Crippen molar-refractivity contribution in [1.82, 2.24) is 0 Å². The van der Waals surface area contributed by atoms with Crippen LogP contribution in [-0.2, 0) is 4.79 Å². The SMILES string of the molecule is O=C(Nc1cccc(Cl)c1Br)C(O)c1ccccc1. The predicted octanol–water partition coefficient (Wildman–Crippen LogP) is 3.77. The molecule has 3 nitrogen and oxygen atoms in total. The number of benzene rings is 2. The minimum absolute atomic E-state index is 0.493. The number of carbonyl (C=O) groups is 1. The lowest BCUT2D eigenvalue weighted by Gasteiger charge is -2.13. The van der Waals surface area contributed by atoms with E-state index in [0.29, 0.717) is 20.7 Å². The Kier molecular flexibility index (Phi) is 4.58. The summed E-state index contributed by atoms with van der Waals surface area (Å²) in [6.45, 7) is 0. The quantitative estimate of drug-likeness (QED) is 0.893. The smallest absolute Gasteiger partial charge is 0.257 e. The highest BCUT2D eigenvalue weighted by Crippen LogP contribution is 2.30. The number of nitrogens with one attached hydrogen (secondary N) is 1. The summed E-state index contributed by atoms with van der Waals surface area (Å²) in [6, 6.07) is 13.9. The number of hydrogen-bond acceptors (Lipinski definition) is 2. The molecule has 0 saturated heterocycles. The van der Waals surface area contributed by atoms with Gasteiger partial charge in [-0.15, -0.1) is 0 Å². The zero-order valence-corrected chi connectivity index (χ0v) is 12.1. The fourth-order valence-electron chi connectivity index (χ4n) is 1.59. The van der Waals surface area contributed by atoms with E-state index in [1.165, 1.54) is 0 Å². The van der Waals surface area contributed by atoms with Crippen LogP contribution in [0, 0.1) is 0 Å². The van der Waals surface area contributed by atoms with Crippen LogP contribution < -0.4 is 5.32 Å². The molecule has 2 aromatic carbocycles. The highest BCUT2D eigenvalue weighted by atomic mass is 79.9. The summed E-state index contributed by atoms with van der Waals surface area (Å²) in [6.07, 6.45) is -1.22. The number of amides is 1. The number of rotatable bonds is 3. The molecule has 0 heterocycles. The number of anilines is 1. The molecule has 0 spiro atoms. The summed E-state index contributed by atoms with van der Waals surface area (Å²) in [5.74, 6) is -0.505. The van der Waals surface area contributed by atoms with E-state index >= 15 is 0 Å². The average Bonchev–Trinajstić information content (AvgIpc) is 2.44. The summed E-state index contributed by atoms with van der Waals surface area (Å²) >= 11 is 9.22. The van der Waals surface area contributed by atoms with Crippen molar-refractivity contribution in [3.8, 4) is 0 Å². The normalized spacial score (nSPS) is 11.9. The van der Waals surface area contributed by atoms with Crippen LogP contribution in [0.4, 0.5) is 5.69 Å². The molecule has 5 heteroatoms. The van der Waals surface area contributed by atoms with Crippen molar-refractivity contribution in [1.29, 1.82) is 0 Å². The largest absolute Gasteiger partial charge is 0.378 e. The monoisotopic (exact) mass is 339 g/mol. The van der Waals surface area contributed by atoms with Gasteiger partial charge in [-0.25, -0.2) is 0 Å². The Balaban J connectivity index is 2.15. The van der Waals surface area contributed by atoms with Gasteiger partial charge in [0.05, 0.1) is 15.2 Å². The number of halogens is 2. The van der Waals surface area contributed by atoms with Crippen LogP contribution in [0.5, 0.6) is 0 Å². The van der Waals surface area contributed by atoms with E-state index in [1.54, 1.807) is 42.5 Å². The Morgan fingerprint density at radius 3 is 2.53 bits per heavy atom. The average molecular weight is 341 g/mol. The molecule has 2 N–H and O–H groups in total. The lowest BCUT2D eigenvalue weighted by atomic mass is 10.1. The molecule has 98 valence electrons. The van der Waals surface area contributed by atoms with Crippen molar-refractivity contribution in [3.05, 3.63) is 63.6 Å². The summed E-state index contributed by atoms with van der Waals surface area (Å²) in [5, 5.41) is 13.1. The molecule has 0 fully saturated rings. The Bertz CT molecular complexity index is 589. The fourth-order valence-corrected chi connectivity index (χ4v) is 2.13. The zero-order valence-electron chi connectivity index (χ0n) is 9.81. The van der Waals surface area contributed by atoms with Gasteiger partial charge in [0.2, 0.25) is 0 Å². The maximum Gasteiger partial charge on any atom is 0.257 e. The minimum Gasteiger partial charge on any atom is -0.378 e. The third kappa shape index (κ3) is 3.35. The molecule has 0 aliphatic heterocycles. The van der Waals surface area contributed by atoms with E-state index < -0.39 is 12.0 Å². The standard InChI is InChI=1S/C14H11BrClNO2/c15-12-10(16)7-4-8-11(12)17-14(19)13(18)9-5-2-1-3-6-9/h1-8,13,18H,(H,17,19). The van der Waals surface area contributed by atoms with Crippen LogP contribution in [0.1, 0.15) is 11.7 Å². The van der Waals surface area contributed by atoms with E-state index in [2.05, 4.69) is 21.2 Å². The molecular weight excluding hydrogens is 330 g/mol. The zero-order chi connectivity index (χ0) is 13.8. The Morgan fingerprint density at radius 1 is 1.16 bits per heavy atom. The molecule has 19 heavy (non-hydrogen) atoms. The maximum atomic E-state index is 12.0. The molecule has 1 atom stereocenters. The van der Waals surface area contributed by atoms with Gasteiger partial charge >= 0.3 is 0 Å². The molecule has 1 amide bonds. The van der Waals surface area contributed by atoms with Gasteiger partial charge in [-0.05, 0) is 33.6 Å². The lowest BCUT2D eigenvalue weighted by Crippen LogP contribution is -2.20. The second kappa shape index (κ2) is 6.19. The predicted molar refractivity (Wildman–Crippen MR) is 79.2 cm³/mol. The Morgan fingerprint density at radius 2 is 1.84 bits per heavy atom. The van der Waals surface area contributed by atoms with Crippen molar-refractivity contribution < 1.29 is 9.90 Å². The first-order chi connectivity index (χ1) is 9.09. The molecular formula is C14H11BrClNO2. The van der Waals surface area contributed by atoms with E-state index in [4.69, 9.17) is 11.6 Å². The van der Waals surface area contributed by atoms with E-state index in [0.717, 1.165) is 0 Å². The molecule has 0 aliphatic rings. The van der Waals surface area contributed by atoms with Gasteiger partial charge in [-0.1, -0.05) is 48.0 Å². The molecule has 0 bridgehead atoms. The van der Waals surface area contributed by atoms with Crippen molar-refractivity contribution >= 4 is 39.1 Å². The van der Waals surface area contributed by atoms with Gasteiger partial charge in [0.1, 0.15) is 0 Å². The first-order valence-electron chi connectivity index (χ1n) is 5.57. The molecule has 2 rings (SSSR count). The van der Waals surface area contributed by atoms with E-state index in [-0.39, 0.29) is 0 Å². The summed E-state index contributed by atoms with van der Waals surface area (Å²) in [4.78, 5) is 12.0. The van der Waals surface area contributed by atoms with Crippen molar-refractivity contribution in [2.45, 2.75) is 6.10 Å². The van der Waals surface area contributed by atoms with E-state index in [9.17, 15) is 9.90 Å². The van der Waals surface area contributed by atoms with Gasteiger partial charge in [0.15, 0.2) is 6.10 Å². The lowest BCUT2D eigenvalue weighted by molar-refractivity contribution is -0.124. The number of aliphatic hydroxyl groups is 1. The summed E-state index contributed by atoms with van der Waals surface area (Å²) in [7, 11) is 0. The highest BCUT2D eigenvalue weighted by Gasteiger charge is 2.18. The number of carbonyl (C=O) groups excluding carboxylic acids is 1. The van der Waals surface area contributed by atoms with Crippen LogP contribution in [-0.4, -0.2) is 11.0 Å². The first-order valence-corrected chi connectivity index (χ1v) is 6.74. The van der Waals surface area contributed by atoms with Crippen LogP contribution in [0.2, 0.25) is 5.02 Å². The maximum absolute atomic E-state index is 12.0.